The molecule has 0 aromatic carbocycles. The van der Waals surface area contributed by atoms with Crippen LogP contribution in [0, 0.1) is 0 Å². The zero-order valence-electron chi connectivity index (χ0n) is 11.1. The van der Waals surface area contributed by atoms with E-state index in [2.05, 4.69) is 16.1 Å². The van der Waals surface area contributed by atoms with Gasteiger partial charge in [0.05, 0.1) is 12.2 Å². The van der Waals surface area contributed by atoms with Gasteiger partial charge in [0.2, 0.25) is 0 Å². The summed E-state index contributed by atoms with van der Waals surface area (Å²) in [5, 5.41) is 14.7. The summed E-state index contributed by atoms with van der Waals surface area (Å²) < 4.78 is 11.3. The second-order valence-corrected chi connectivity index (χ2v) is 5.63. The first-order valence-electron chi connectivity index (χ1n) is 6.79. The monoisotopic (exact) mass is 265 g/mol. The van der Waals surface area contributed by atoms with Gasteiger partial charge in [-0.25, -0.2) is 0 Å². The Bertz CT molecular complexity index is 460. The lowest BCUT2D eigenvalue weighted by atomic mass is 9.80. The molecule has 1 N–H and O–H groups in total. The summed E-state index contributed by atoms with van der Waals surface area (Å²) in [5.74, 6) is 0. The number of rotatable bonds is 4. The van der Waals surface area contributed by atoms with Gasteiger partial charge < -0.3 is 14.6 Å². The van der Waals surface area contributed by atoms with Crippen molar-refractivity contribution in [3.8, 4) is 0 Å². The minimum Gasteiger partial charge on any atom is -0.382 e. The fraction of sp³-hybridized carbons (Fsp3) is 0.846. The summed E-state index contributed by atoms with van der Waals surface area (Å²) in [5.41, 5.74) is 7.99. The van der Waals surface area contributed by atoms with Crippen LogP contribution in [0.25, 0.3) is 10.4 Å². The third-order valence-corrected chi connectivity index (χ3v) is 4.85. The van der Waals surface area contributed by atoms with E-state index in [1.165, 1.54) is 0 Å². The molecule has 0 radical (unpaired) electrons. The number of nitrogens with zero attached hydrogens (tertiary/aromatic N) is 3. The first-order valence-corrected chi connectivity index (χ1v) is 6.79. The van der Waals surface area contributed by atoms with E-state index in [1.807, 2.05) is 0 Å². The third kappa shape index (κ3) is 1.79. The molecule has 3 rings (SSSR count). The van der Waals surface area contributed by atoms with Crippen molar-refractivity contribution in [3.05, 3.63) is 22.1 Å². The molecule has 4 atom stereocenters. The van der Waals surface area contributed by atoms with E-state index in [0.717, 1.165) is 31.3 Å². The van der Waals surface area contributed by atoms with Crippen molar-refractivity contribution in [2.24, 2.45) is 5.11 Å². The highest BCUT2D eigenvalue weighted by atomic mass is 16.6. The van der Waals surface area contributed by atoms with Gasteiger partial charge >= 0.3 is 0 Å². The lowest BCUT2D eigenvalue weighted by Gasteiger charge is -2.33. The van der Waals surface area contributed by atoms with Crippen LogP contribution in [-0.2, 0) is 9.47 Å². The van der Waals surface area contributed by atoms with Crippen molar-refractivity contribution in [1.29, 1.82) is 0 Å². The molecule has 0 amide bonds. The van der Waals surface area contributed by atoms with E-state index in [1.54, 1.807) is 7.11 Å². The maximum atomic E-state index is 11.1. The summed E-state index contributed by atoms with van der Waals surface area (Å²) in [6, 6.07) is 0. The Labute approximate surface area is 112 Å². The maximum Gasteiger partial charge on any atom is 0.130 e. The van der Waals surface area contributed by atoms with Gasteiger partial charge in [-0.05, 0) is 36.8 Å². The normalized spacial score (nSPS) is 43.6. The van der Waals surface area contributed by atoms with Crippen molar-refractivity contribution in [2.45, 2.75) is 55.5 Å². The molecule has 1 aliphatic heterocycles. The van der Waals surface area contributed by atoms with Crippen LogP contribution in [0.1, 0.15) is 32.1 Å². The van der Waals surface area contributed by atoms with Crippen molar-refractivity contribution in [1.82, 2.24) is 0 Å². The molecule has 0 aromatic rings. The Balaban J connectivity index is 1.87. The molecule has 6 heteroatoms. The molecule has 19 heavy (non-hydrogen) atoms. The average Bonchev–Trinajstić information content (AvgIpc) is 3.08. The first-order chi connectivity index (χ1) is 9.16. The minimum atomic E-state index is -0.893. The first kappa shape index (κ1) is 12.9. The number of hydrogen-bond donors (Lipinski definition) is 1. The molecule has 1 saturated carbocycles. The molecular weight excluding hydrogens is 246 g/mol. The van der Waals surface area contributed by atoms with Gasteiger partial charge in [0.25, 0.3) is 0 Å². The van der Waals surface area contributed by atoms with E-state index in [0.29, 0.717) is 13.0 Å². The standard InChI is InChI=1S/C13H19N3O3/c1-18-10-3-2-9(5-7-15-16-14)12(17)6-4-11-13(12,8-10)19-11/h2,10-11,17H,3-8H2,1H3/t10-,11+,12+,13+/m0/s1. The van der Waals surface area contributed by atoms with E-state index >= 15 is 0 Å². The van der Waals surface area contributed by atoms with E-state index in [4.69, 9.17) is 15.0 Å². The Morgan fingerprint density at radius 3 is 3.21 bits per heavy atom. The van der Waals surface area contributed by atoms with E-state index < -0.39 is 11.2 Å². The predicted octanol–water partition coefficient (Wildman–Crippen LogP) is 2.08. The number of azide groups is 1. The lowest BCUT2D eigenvalue weighted by molar-refractivity contribution is -0.0342. The molecule has 2 aliphatic carbocycles. The van der Waals surface area contributed by atoms with Crippen LogP contribution < -0.4 is 0 Å². The number of hydrogen-bond acceptors (Lipinski definition) is 4. The van der Waals surface area contributed by atoms with E-state index in [-0.39, 0.29) is 12.2 Å². The van der Waals surface area contributed by atoms with Gasteiger partial charge in [-0.1, -0.05) is 11.2 Å². The summed E-state index contributed by atoms with van der Waals surface area (Å²) in [4.78, 5) is 2.77. The molecule has 6 nitrogen and oxygen atoms in total. The number of epoxide rings is 1. The number of aliphatic hydroxyl groups is 1. The second-order valence-electron chi connectivity index (χ2n) is 5.63. The maximum absolute atomic E-state index is 11.1. The van der Waals surface area contributed by atoms with Crippen LogP contribution in [0.3, 0.4) is 0 Å². The second kappa shape index (κ2) is 4.49. The van der Waals surface area contributed by atoms with Crippen LogP contribution in [0.4, 0.5) is 0 Å². The van der Waals surface area contributed by atoms with E-state index in [9.17, 15) is 5.11 Å². The molecule has 1 saturated heterocycles. The van der Waals surface area contributed by atoms with Crippen LogP contribution in [0.5, 0.6) is 0 Å². The zero-order chi connectivity index (χ0) is 13.5. The van der Waals surface area contributed by atoms with Crippen LogP contribution in [0.15, 0.2) is 16.8 Å². The SMILES string of the molecule is CO[C@H]1CC=C(CCN=[N+]=[N-])[C@]2(O)CC[C@H]3O[C@]32C1. The Kier molecular flexibility index (Phi) is 3.06. The molecule has 0 aromatic heterocycles. The van der Waals surface area contributed by atoms with Gasteiger partial charge in [-0.15, -0.1) is 0 Å². The van der Waals surface area contributed by atoms with Crippen molar-refractivity contribution in [2.75, 3.05) is 13.7 Å². The highest BCUT2D eigenvalue weighted by molar-refractivity contribution is 5.36. The van der Waals surface area contributed by atoms with Crippen molar-refractivity contribution < 1.29 is 14.6 Å². The highest BCUT2D eigenvalue weighted by Gasteiger charge is 2.74. The van der Waals surface area contributed by atoms with Crippen molar-refractivity contribution in [3.63, 3.8) is 0 Å². The molecule has 1 heterocycles. The number of methoxy groups -OCH3 is 1. The average molecular weight is 265 g/mol. The molecule has 2 fully saturated rings. The van der Waals surface area contributed by atoms with Gasteiger partial charge in [0.15, 0.2) is 0 Å². The zero-order valence-corrected chi connectivity index (χ0v) is 11.1. The highest BCUT2D eigenvalue weighted by Crippen LogP contribution is 2.62. The summed E-state index contributed by atoms with van der Waals surface area (Å²) in [7, 11) is 1.70. The topological polar surface area (TPSA) is 90.8 Å². The molecule has 3 aliphatic rings. The molecular formula is C13H19N3O3. The summed E-state index contributed by atoms with van der Waals surface area (Å²) in [6.07, 6.45) is 6.05. The largest absolute Gasteiger partial charge is 0.382 e. The Morgan fingerprint density at radius 2 is 2.53 bits per heavy atom. The lowest BCUT2D eigenvalue weighted by Crippen LogP contribution is -2.45. The molecule has 0 unspecified atom stereocenters. The summed E-state index contributed by atoms with van der Waals surface area (Å²) >= 11 is 0. The molecule has 104 valence electrons. The number of ether oxygens (including phenoxy) is 2. The van der Waals surface area contributed by atoms with Crippen LogP contribution >= 0.6 is 0 Å². The quantitative estimate of drug-likeness (QED) is 0.277. The fourth-order valence-corrected chi connectivity index (χ4v) is 3.78. The van der Waals surface area contributed by atoms with Gasteiger partial charge in [-0.3, -0.25) is 0 Å². The fourth-order valence-electron chi connectivity index (χ4n) is 3.78. The Hall–Kier alpha value is -1.07. The third-order valence-electron chi connectivity index (χ3n) is 4.85. The van der Waals surface area contributed by atoms with Crippen molar-refractivity contribution >= 4 is 0 Å². The summed E-state index contributed by atoms with van der Waals surface area (Å²) in [6.45, 7) is 0.378. The smallest absolute Gasteiger partial charge is 0.130 e. The van der Waals surface area contributed by atoms with Crippen LogP contribution in [0.2, 0.25) is 0 Å². The minimum absolute atomic E-state index is 0.0894. The van der Waals surface area contributed by atoms with Gasteiger partial charge in [0.1, 0.15) is 11.2 Å². The van der Waals surface area contributed by atoms with Crippen LogP contribution in [-0.4, -0.2) is 42.2 Å². The van der Waals surface area contributed by atoms with Gasteiger partial charge in [0, 0.05) is 25.0 Å². The molecule has 0 bridgehead atoms. The predicted molar refractivity (Wildman–Crippen MR) is 68.5 cm³/mol. The molecule has 1 spiro atoms. The van der Waals surface area contributed by atoms with Gasteiger partial charge in [-0.2, -0.15) is 0 Å². The Morgan fingerprint density at radius 1 is 1.68 bits per heavy atom.